The van der Waals surface area contributed by atoms with Crippen LogP contribution in [0.2, 0.25) is 5.02 Å². The molecule has 1 amide bonds. The van der Waals surface area contributed by atoms with Crippen molar-refractivity contribution >= 4 is 55.6 Å². The molecule has 2 heterocycles. The summed E-state index contributed by atoms with van der Waals surface area (Å²) in [5.41, 5.74) is 6.66. The summed E-state index contributed by atoms with van der Waals surface area (Å²) in [6.07, 6.45) is 1.65. The van der Waals surface area contributed by atoms with Crippen molar-refractivity contribution in [2.75, 3.05) is 11.1 Å². The van der Waals surface area contributed by atoms with E-state index in [2.05, 4.69) is 31.2 Å². The van der Waals surface area contributed by atoms with Crippen molar-refractivity contribution in [2.24, 2.45) is 0 Å². The molecule has 3 N–H and O–H groups in total. The third kappa shape index (κ3) is 3.41. The summed E-state index contributed by atoms with van der Waals surface area (Å²) in [6.45, 7) is 0. The number of hydrogen-bond acceptors (Lipinski definition) is 5. The lowest BCUT2D eigenvalue weighted by molar-refractivity contribution is -0.115. The maximum Gasteiger partial charge on any atom is 0.230 e. The minimum Gasteiger partial charge on any atom is -0.375 e. The Hall–Kier alpha value is -1.18. The zero-order chi connectivity index (χ0) is 13.1. The average molecular weight is 348 g/mol. The Morgan fingerprint density at radius 2 is 2.39 bits per heavy atom. The second-order valence-electron chi connectivity index (χ2n) is 3.39. The minimum absolute atomic E-state index is 0.159. The van der Waals surface area contributed by atoms with E-state index in [1.54, 1.807) is 11.4 Å². The molecule has 0 atom stereocenters. The molecule has 8 heteroatoms. The zero-order valence-corrected chi connectivity index (χ0v) is 12.1. The van der Waals surface area contributed by atoms with E-state index in [0.717, 1.165) is 0 Å². The molecule has 0 aliphatic heterocycles. The van der Waals surface area contributed by atoms with Gasteiger partial charge in [-0.15, -0.1) is 11.3 Å². The van der Waals surface area contributed by atoms with Gasteiger partial charge in [0.2, 0.25) is 5.91 Å². The highest BCUT2D eigenvalue weighted by atomic mass is 79.9. The predicted molar refractivity (Wildman–Crippen MR) is 75.8 cm³/mol. The van der Waals surface area contributed by atoms with Crippen molar-refractivity contribution in [1.82, 2.24) is 9.97 Å². The van der Waals surface area contributed by atoms with Crippen LogP contribution in [0, 0.1) is 0 Å². The number of nitrogens with zero attached hydrogens (tertiary/aromatic N) is 2. The fraction of sp³-hybridized carbons (Fsp3) is 0.100. The van der Waals surface area contributed by atoms with Gasteiger partial charge in [-0.05, 0) is 22.0 Å². The number of thiazole rings is 1. The van der Waals surface area contributed by atoms with E-state index < -0.39 is 0 Å². The first-order valence-corrected chi connectivity index (χ1v) is 6.90. The third-order valence-corrected chi connectivity index (χ3v) is 3.55. The normalized spacial score (nSPS) is 10.3. The largest absolute Gasteiger partial charge is 0.375 e. The monoisotopic (exact) mass is 346 g/mol. The lowest BCUT2D eigenvalue weighted by Gasteiger charge is -2.06. The SMILES string of the molecule is Nc1nc(CC(=O)Nc2cc(Cl)cnc2Br)cs1. The highest BCUT2D eigenvalue weighted by molar-refractivity contribution is 9.10. The molecule has 94 valence electrons. The van der Waals surface area contributed by atoms with E-state index in [4.69, 9.17) is 17.3 Å². The van der Waals surface area contributed by atoms with Gasteiger partial charge < -0.3 is 11.1 Å². The Balaban J connectivity index is 2.05. The van der Waals surface area contributed by atoms with Crippen LogP contribution in [0.15, 0.2) is 22.2 Å². The van der Waals surface area contributed by atoms with Gasteiger partial charge in [0, 0.05) is 11.6 Å². The number of nitrogens with two attached hydrogens (primary N) is 1. The molecule has 2 aromatic heterocycles. The Morgan fingerprint density at radius 1 is 1.61 bits per heavy atom. The van der Waals surface area contributed by atoms with E-state index in [9.17, 15) is 4.79 Å². The molecule has 0 radical (unpaired) electrons. The van der Waals surface area contributed by atoms with Gasteiger partial charge in [-0.25, -0.2) is 9.97 Å². The van der Waals surface area contributed by atoms with Crippen LogP contribution in [0.5, 0.6) is 0 Å². The third-order valence-electron chi connectivity index (χ3n) is 1.99. The summed E-state index contributed by atoms with van der Waals surface area (Å²) in [7, 11) is 0. The van der Waals surface area contributed by atoms with Gasteiger partial charge in [0.15, 0.2) is 5.13 Å². The number of carbonyl (C=O) groups excluding carboxylic acids is 1. The molecule has 0 unspecified atom stereocenters. The molecule has 0 aliphatic rings. The number of anilines is 2. The van der Waals surface area contributed by atoms with Gasteiger partial charge >= 0.3 is 0 Å². The molecule has 5 nitrogen and oxygen atoms in total. The predicted octanol–water partition coefficient (Wildman–Crippen LogP) is 2.72. The van der Waals surface area contributed by atoms with Crippen LogP contribution >= 0.6 is 38.9 Å². The molecule has 0 saturated heterocycles. The first-order chi connectivity index (χ1) is 8.54. The summed E-state index contributed by atoms with van der Waals surface area (Å²) < 4.78 is 0.526. The molecule has 18 heavy (non-hydrogen) atoms. The van der Waals surface area contributed by atoms with Crippen LogP contribution in [0.25, 0.3) is 0 Å². The highest BCUT2D eigenvalue weighted by Crippen LogP contribution is 2.23. The Kier molecular flexibility index (Phi) is 4.15. The molecule has 0 saturated carbocycles. The molecular weight excluding hydrogens is 340 g/mol. The van der Waals surface area contributed by atoms with Crippen molar-refractivity contribution in [3.05, 3.63) is 33.0 Å². The second-order valence-corrected chi connectivity index (χ2v) is 5.47. The summed E-state index contributed by atoms with van der Waals surface area (Å²) in [4.78, 5) is 19.8. The summed E-state index contributed by atoms with van der Waals surface area (Å²) >= 11 is 10.3. The Labute approximate surface area is 121 Å². The molecule has 2 aromatic rings. The fourth-order valence-electron chi connectivity index (χ4n) is 1.27. The van der Waals surface area contributed by atoms with Crippen molar-refractivity contribution in [2.45, 2.75) is 6.42 Å². The number of aromatic nitrogens is 2. The quantitative estimate of drug-likeness (QED) is 0.837. The van der Waals surface area contributed by atoms with E-state index in [0.29, 0.717) is 26.1 Å². The standard InChI is InChI=1S/C10H8BrClN4OS/c11-9-7(1-5(12)3-14-9)16-8(17)2-6-4-18-10(13)15-6/h1,3-4H,2H2,(H2,13,15)(H,16,17). The number of nitrogens with one attached hydrogen (secondary N) is 1. The van der Waals surface area contributed by atoms with Gasteiger partial charge in [0.05, 0.1) is 22.8 Å². The van der Waals surface area contributed by atoms with E-state index >= 15 is 0 Å². The number of hydrogen-bond donors (Lipinski definition) is 2. The lowest BCUT2D eigenvalue weighted by Crippen LogP contribution is -2.15. The highest BCUT2D eigenvalue weighted by Gasteiger charge is 2.10. The van der Waals surface area contributed by atoms with Crippen molar-refractivity contribution in [3.8, 4) is 0 Å². The number of carbonyl (C=O) groups is 1. The number of pyridine rings is 1. The van der Waals surface area contributed by atoms with Crippen LogP contribution in [-0.2, 0) is 11.2 Å². The molecule has 0 spiro atoms. The summed E-state index contributed by atoms with van der Waals surface area (Å²) in [5, 5.41) is 5.35. The number of amides is 1. The van der Waals surface area contributed by atoms with E-state index in [-0.39, 0.29) is 12.3 Å². The Bertz CT molecular complexity index is 589. The van der Waals surface area contributed by atoms with Crippen LogP contribution in [0.1, 0.15) is 5.69 Å². The average Bonchev–Trinajstić information content (AvgIpc) is 2.69. The molecule has 0 aromatic carbocycles. The van der Waals surface area contributed by atoms with Gasteiger partial charge in [-0.3, -0.25) is 4.79 Å². The topological polar surface area (TPSA) is 80.9 Å². The lowest BCUT2D eigenvalue weighted by atomic mass is 10.3. The zero-order valence-electron chi connectivity index (χ0n) is 8.98. The van der Waals surface area contributed by atoms with Crippen LogP contribution in [-0.4, -0.2) is 15.9 Å². The first kappa shape index (κ1) is 13.3. The van der Waals surface area contributed by atoms with Gasteiger partial charge in [0.1, 0.15) is 4.60 Å². The fourth-order valence-corrected chi connectivity index (χ4v) is 2.31. The van der Waals surface area contributed by atoms with E-state index in [1.807, 2.05) is 0 Å². The molecular formula is C10H8BrClN4OS. The summed E-state index contributed by atoms with van der Waals surface area (Å²) in [5.74, 6) is -0.204. The first-order valence-electron chi connectivity index (χ1n) is 4.85. The summed E-state index contributed by atoms with van der Waals surface area (Å²) in [6, 6.07) is 1.62. The number of halogens is 2. The van der Waals surface area contributed by atoms with Gasteiger partial charge in [0.25, 0.3) is 0 Å². The molecule has 0 aliphatic carbocycles. The maximum absolute atomic E-state index is 11.8. The molecule has 0 bridgehead atoms. The van der Waals surface area contributed by atoms with Crippen molar-refractivity contribution < 1.29 is 4.79 Å². The van der Waals surface area contributed by atoms with E-state index in [1.165, 1.54) is 17.5 Å². The second kappa shape index (κ2) is 5.64. The van der Waals surface area contributed by atoms with Crippen molar-refractivity contribution in [3.63, 3.8) is 0 Å². The maximum atomic E-state index is 11.8. The van der Waals surface area contributed by atoms with Crippen molar-refractivity contribution in [1.29, 1.82) is 0 Å². The van der Waals surface area contributed by atoms with Crippen LogP contribution in [0.3, 0.4) is 0 Å². The minimum atomic E-state index is -0.204. The molecule has 2 rings (SSSR count). The Morgan fingerprint density at radius 3 is 3.06 bits per heavy atom. The molecule has 0 fully saturated rings. The smallest absolute Gasteiger partial charge is 0.230 e. The number of rotatable bonds is 3. The number of nitrogen functional groups attached to an aromatic ring is 1. The van der Waals surface area contributed by atoms with Gasteiger partial charge in [-0.1, -0.05) is 11.6 Å². The van der Waals surface area contributed by atoms with Gasteiger partial charge in [-0.2, -0.15) is 0 Å². The van der Waals surface area contributed by atoms with Crippen LogP contribution in [0.4, 0.5) is 10.8 Å². The van der Waals surface area contributed by atoms with Crippen LogP contribution < -0.4 is 11.1 Å².